The summed E-state index contributed by atoms with van der Waals surface area (Å²) < 4.78 is 24.7. The van der Waals surface area contributed by atoms with E-state index in [4.69, 9.17) is 18.9 Å². The molecule has 2 aromatic carbocycles. The number of nitrogens with zero attached hydrogens (tertiary/aromatic N) is 1. The quantitative estimate of drug-likeness (QED) is 0.791. The molecule has 32 heavy (non-hydrogen) atoms. The number of likely N-dealkylation sites (N-methyl/N-ethyl adjacent to an activating group) is 1. The van der Waals surface area contributed by atoms with E-state index in [0.717, 1.165) is 30.7 Å². The van der Waals surface area contributed by atoms with Crippen molar-refractivity contribution in [3.8, 4) is 17.2 Å². The molecule has 3 fully saturated rings. The molecule has 1 saturated carbocycles. The highest BCUT2D eigenvalue weighted by molar-refractivity contribution is 5.60. The molecule has 0 aromatic heterocycles. The van der Waals surface area contributed by atoms with Crippen molar-refractivity contribution in [1.82, 2.24) is 4.90 Å². The number of rotatable bonds is 3. The molecule has 6 nitrogen and oxygen atoms in total. The lowest BCUT2D eigenvalue weighted by molar-refractivity contribution is -0.257. The highest BCUT2D eigenvalue weighted by Crippen LogP contribution is 2.64. The highest BCUT2D eigenvalue weighted by atomic mass is 16.7. The van der Waals surface area contributed by atoms with Crippen molar-refractivity contribution in [2.24, 2.45) is 0 Å². The molecular weight excluding hydrogens is 406 g/mol. The molecule has 1 spiro atoms. The van der Waals surface area contributed by atoms with Crippen molar-refractivity contribution in [2.45, 2.75) is 54.9 Å². The molecule has 2 aromatic rings. The van der Waals surface area contributed by atoms with Crippen LogP contribution in [0, 0.1) is 0 Å². The number of ether oxygens (including phenoxy) is 4. The van der Waals surface area contributed by atoms with Gasteiger partial charge in [0.25, 0.3) is 0 Å². The van der Waals surface area contributed by atoms with Crippen LogP contribution in [0.1, 0.15) is 36.8 Å². The first-order valence-corrected chi connectivity index (χ1v) is 11.6. The molecule has 1 N–H and O–H groups in total. The molecule has 2 aliphatic carbocycles. The van der Waals surface area contributed by atoms with Gasteiger partial charge in [0.05, 0.1) is 25.9 Å². The van der Waals surface area contributed by atoms with E-state index in [1.54, 1.807) is 7.11 Å². The van der Waals surface area contributed by atoms with E-state index in [1.807, 2.05) is 36.4 Å². The van der Waals surface area contributed by atoms with Crippen LogP contribution >= 0.6 is 0 Å². The Morgan fingerprint density at radius 2 is 1.81 bits per heavy atom. The Balaban J connectivity index is 1.58. The van der Waals surface area contributed by atoms with Crippen LogP contribution < -0.4 is 9.47 Å². The van der Waals surface area contributed by atoms with Gasteiger partial charge in [0, 0.05) is 29.9 Å². The fourth-order valence-electron chi connectivity index (χ4n) is 6.87. The Bertz CT molecular complexity index is 1020. The molecule has 2 aliphatic heterocycles. The summed E-state index contributed by atoms with van der Waals surface area (Å²) in [6.07, 6.45) is 3.59. The monoisotopic (exact) mass is 437 g/mol. The van der Waals surface area contributed by atoms with E-state index < -0.39 is 16.8 Å². The van der Waals surface area contributed by atoms with Gasteiger partial charge in [-0.25, -0.2) is 0 Å². The second kappa shape index (κ2) is 7.19. The van der Waals surface area contributed by atoms with E-state index in [0.29, 0.717) is 44.0 Å². The molecule has 6 rings (SSSR count). The topological polar surface area (TPSA) is 60.4 Å². The molecule has 2 bridgehead atoms. The average Bonchev–Trinajstić information content (AvgIpc) is 3.25. The second-order valence-corrected chi connectivity index (χ2v) is 9.79. The lowest BCUT2D eigenvalue weighted by Crippen LogP contribution is -2.74. The Labute approximate surface area is 189 Å². The predicted octanol–water partition coefficient (Wildman–Crippen LogP) is 3.64. The maximum Gasteiger partial charge on any atom is 0.173 e. The first-order valence-electron chi connectivity index (χ1n) is 11.6. The first kappa shape index (κ1) is 20.5. The van der Waals surface area contributed by atoms with Crippen LogP contribution in [0.25, 0.3) is 0 Å². The summed E-state index contributed by atoms with van der Waals surface area (Å²) in [5.74, 6) is 1.53. The van der Waals surface area contributed by atoms with E-state index in [-0.39, 0.29) is 6.04 Å². The Hall–Kier alpha value is -2.12. The number of piperidine rings is 1. The number of likely N-dealkylation sites (tertiary alicyclic amines) is 1. The summed E-state index contributed by atoms with van der Waals surface area (Å²) in [6.45, 7) is 2.12. The number of benzene rings is 2. The Morgan fingerprint density at radius 1 is 1.03 bits per heavy atom. The molecule has 6 heteroatoms. The summed E-state index contributed by atoms with van der Waals surface area (Å²) in [4.78, 5) is 2.33. The van der Waals surface area contributed by atoms with E-state index in [9.17, 15) is 5.11 Å². The smallest absolute Gasteiger partial charge is 0.173 e. The van der Waals surface area contributed by atoms with Gasteiger partial charge >= 0.3 is 0 Å². The molecule has 0 amide bonds. The summed E-state index contributed by atoms with van der Waals surface area (Å²) in [5.41, 5.74) is 0.881. The molecule has 4 aliphatic rings. The third-order valence-electron chi connectivity index (χ3n) is 8.36. The van der Waals surface area contributed by atoms with Crippen LogP contribution in [0.4, 0.5) is 0 Å². The molecule has 2 saturated heterocycles. The van der Waals surface area contributed by atoms with Crippen LogP contribution in [0.5, 0.6) is 17.2 Å². The predicted molar refractivity (Wildman–Crippen MR) is 119 cm³/mol. The zero-order chi connectivity index (χ0) is 22.0. The van der Waals surface area contributed by atoms with Gasteiger partial charge in [-0.2, -0.15) is 0 Å². The zero-order valence-corrected chi connectivity index (χ0v) is 18.8. The van der Waals surface area contributed by atoms with Crippen LogP contribution in [0.2, 0.25) is 0 Å². The maximum absolute atomic E-state index is 12.4. The van der Waals surface area contributed by atoms with Gasteiger partial charge in [0.1, 0.15) is 5.75 Å². The summed E-state index contributed by atoms with van der Waals surface area (Å²) >= 11 is 0. The van der Waals surface area contributed by atoms with Crippen molar-refractivity contribution in [3.05, 3.63) is 53.6 Å². The summed E-state index contributed by atoms with van der Waals surface area (Å²) in [7, 11) is 3.81. The standard InChI is InChI=1S/C26H31NO5/c1-27-13-12-24-17-25(30-14-15-31-25)10-11-26(24,28)21(27)16-18-8-9-20(29-2)23(22(18)24)32-19-6-4-3-5-7-19/h3-9,21,28H,10-17H2,1-2H3. The van der Waals surface area contributed by atoms with Crippen LogP contribution in [-0.2, 0) is 21.3 Å². The van der Waals surface area contributed by atoms with Gasteiger partial charge in [-0.05, 0) is 56.6 Å². The van der Waals surface area contributed by atoms with E-state index in [1.165, 1.54) is 5.56 Å². The normalized spacial score (nSPS) is 32.9. The molecule has 170 valence electrons. The SMILES string of the molecule is COc1ccc2c(c1Oc1ccccc1)C13CCN(C)C(C2)C1(O)CCC1(C3)OCCO1. The maximum atomic E-state index is 12.4. The molecule has 3 atom stereocenters. The number of fused-ring (bicyclic) bond motifs is 1. The molecule has 3 unspecified atom stereocenters. The minimum absolute atomic E-state index is 0.0560. The highest BCUT2D eigenvalue weighted by Gasteiger charge is 2.68. The Morgan fingerprint density at radius 3 is 2.56 bits per heavy atom. The largest absolute Gasteiger partial charge is 0.493 e. The van der Waals surface area contributed by atoms with Gasteiger partial charge in [-0.15, -0.1) is 0 Å². The van der Waals surface area contributed by atoms with Crippen molar-refractivity contribution < 1.29 is 24.1 Å². The van der Waals surface area contributed by atoms with Crippen LogP contribution in [0.15, 0.2) is 42.5 Å². The summed E-state index contributed by atoms with van der Waals surface area (Å²) in [5, 5.41) is 12.4. The fourth-order valence-corrected chi connectivity index (χ4v) is 6.87. The van der Waals surface area contributed by atoms with Gasteiger partial charge in [0.2, 0.25) is 0 Å². The van der Waals surface area contributed by atoms with Crippen molar-refractivity contribution in [1.29, 1.82) is 0 Å². The zero-order valence-electron chi connectivity index (χ0n) is 18.8. The van der Waals surface area contributed by atoms with Crippen LogP contribution in [-0.4, -0.2) is 61.4 Å². The summed E-state index contributed by atoms with van der Waals surface area (Å²) in [6, 6.07) is 14.0. The van der Waals surface area contributed by atoms with Gasteiger partial charge in [-0.3, -0.25) is 0 Å². The molecule has 0 radical (unpaired) electrons. The minimum Gasteiger partial charge on any atom is -0.493 e. The number of hydrogen-bond acceptors (Lipinski definition) is 6. The third-order valence-corrected chi connectivity index (χ3v) is 8.36. The minimum atomic E-state index is -0.880. The fraction of sp³-hybridized carbons (Fsp3) is 0.538. The van der Waals surface area contributed by atoms with Gasteiger partial charge in [-0.1, -0.05) is 24.3 Å². The number of aliphatic hydroxyl groups is 1. The van der Waals surface area contributed by atoms with E-state index >= 15 is 0 Å². The third kappa shape index (κ3) is 2.73. The van der Waals surface area contributed by atoms with Crippen LogP contribution in [0.3, 0.4) is 0 Å². The van der Waals surface area contributed by atoms with E-state index in [2.05, 4.69) is 18.0 Å². The van der Waals surface area contributed by atoms with Crippen molar-refractivity contribution in [2.75, 3.05) is 33.9 Å². The second-order valence-electron chi connectivity index (χ2n) is 9.79. The van der Waals surface area contributed by atoms with Gasteiger partial charge in [0.15, 0.2) is 17.3 Å². The van der Waals surface area contributed by atoms with Crippen molar-refractivity contribution in [3.63, 3.8) is 0 Å². The lowest BCUT2D eigenvalue weighted by atomic mass is 9.48. The lowest BCUT2D eigenvalue weighted by Gasteiger charge is -2.65. The molecular formula is C26H31NO5. The first-order chi connectivity index (χ1) is 15.5. The van der Waals surface area contributed by atoms with Gasteiger partial charge < -0.3 is 29.0 Å². The average molecular weight is 438 g/mol. The number of methoxy groups -OCH3 is 1. The number of para-hydroxylation sites is 1. The number of hydrogen-bond donors (Lipinski definition) is 1. The Kier molecular flexibility index (Phi) is 4.60. The molecule has 2 heterocycles. The van der Waals surface area contributed by atoms with Crippen molar-refractivity contribution >= 4 is 0 Å².